The molecule has 0 spiro atoms. The number of phenols is 1. The van der Waals surface area contributed by atoms with Gasteiger partial charge in [0.2, 0.25) is 0 Å². The Kier molecular flexibility index (Phi) is 3.10. The van der Waals surface area contributed by atoms with Crippen molar-refractivity contribution in [3.8, 4) is 17.2 Å². The van der Waals surface area contributed by atoms with Gasteiger partial charge in [-0.05, 0) is 18.9 Å². The Labute approximate surface area is 105 Å². The van der Waals surface area contributed by atoms with Gasteiger partial charge >= 0.3 is 0 Å². The van der Waals surface area contributed by atoms with Crippen LogP contribution in [0.5, 0.6) is 17.2 Å². The summed E-state index contributed by atoms with van der Waals surface area (Å²) >= 11 is 6.08. The highest BCUT2D eigenvalue weighted by Crippen LogP contribution is 2.55. The first kappa shape index (κ1) is 12.3. The van der Waals surface area contributed by atoms with Crippen molar-refractivity contribution in [2.45, 2.75) is 18.3 Å². The summed E-state index contributed by atoms with van der Waals surface area (Å²) in [6.07, 6.45) is 1.92. The normalized spacial score (nSPS) is 16.7. The van der Waals surface area contributed by atoms with Crippen LogP contribution >= 0.6 is 11.6 Å². The lowest BCUT2D eigenvalue weighted by atomic mass is 9.94. The highest BCUT2D eigenvalue weighted by atomic mass is 35.5. The second-order valence-electron chi connectivity index (χ2n) is 4.31. The maximum absolute atomic E-state index is 10.1. The molecule has 3 N–H and O–H groups in total. The van der Waals surface area contributed by atoms with E-state index in [0.717, 1.165) is 18.4 Å². The highest BCUT2D eigenvalue weighted by Gasteiger charge is 2.46. The van der Waals surface area contributed by atoms with Crippen LogP contribution in [-0.2, 0) is 5.41 Å². The summed E-state index contributed by atoms with van der Waals surface area (Å²) in [4.78, 5) is 0. The minimum Gasteiger partial charge on any atom is -0.506 e. The molecule has 2 rings (SSSR count). The van der Waals surface area contributed by atoms with Crippen LogP contribution in [-0.4, -0.2) is 25.9 Å². The summed E-state index contributed by atoms with van der Waals surface area (Å²) in [5, 5.41) is 10.3. The summed E-state index contributed by atoms with van der Waals surface area (Å²) in [6.45, 7) is 0.492. The van der Waals surface area contributed by atoms with Gasteiger partial charge in [0, 0.05) is 17.5 Å². The molecule has 0 atom stereocenters. The van der Waals surface area contributed by atoms with E-state index < -0.39 is 0 Å². The molecule has 0 heterocycles. The number of ether oxygens (including phenoxy) is 2. The molecule has 1 fully saturated rings. The van der Waals surface area contributed by atoms with E-state index in [1.165, 1.54) is 14.2 Å². The third-order valence-electron chi connectivity index (χ3n) is 3.40. The maximum Gasteiger partial charge on any atom is 0.183 e. The monoisotopic (exact) mass is 257 g/mol. The van der Waals surface area contributed by atoms with E-state index in [9.17, 15) is 5.11 Å². The van der Waals surface area contributed by atoms with Gasteiger partial charge in [0.15, 0.2) is 11.5 Å². The molecule has 4 nitrogen and oxygen atoms in total. The van der Waals surface area contributed by atoms with Crippen LogP contribution in [0.4, 0.5) is 0 Å². The predicted molar refractivity (Wildman–Crippen MR) is 66.2 cm³/mol. The number of benzene rings is 1. The third-order valence-corrected chi connectivity index (χ3v) is 3.75. The van der Waals surface area contributed by atoms with E-state index in [-0.39, 0.29) is 16.2 Å². The lowest BCUT2D eigenvalue weighted by Gasteiger charge is -2.19. The van der Waals surface area contributed by atoms with Crippen molar-refractivity contribution in [2.24, 2.45) is 5.73 Å². The van der Waals surface area contributed by atoms with Crippen LogP contribution in [0.25, 0.3) is 0 Å². The molecule has 0 saturated heterocycles. The van der Waals surface area contributed by atoms with Crippen LogP contribution in [0.2, 0.25) is 5.02 Å². The first-order valence-corrected chi connectivity index (χ1v) is 5.81. The van der Waals surface area contributed by atoms with E-state index >= 15 is 0 Å². The first-order valence-electron chi connectivity index (χ1n) is 5.43. The topological polar surface area (TPSA) is 64.7 Å². The molecule has 17 heavy (non-hydrogen) atoms. The van der Waals surface area contributed by atoms with Crippen LogP contribution in [0.15, 0.2) is 6.07 Å². The van der Waals surface area contributed by atoms with Gasteiger partial charge in [-0.25, -0.2) is 0 Å². The molecule has 0 unspecified atom stereocenters. The van der Waals surface area contributed by atoms with E-state index in [0.29, 0.717) is 18.0 Å². The van der Waals surface area contributed by atoms with E-state index in [2.05, 4.69) is 0 Å². The zero-order valence-corrected chi connectivity index (χ0v) is 10.7. The van der Waals surface area contributed by atoms with Gasteiger partial charge in [0.05, 0.1) is 14.2 Å². The molecule has 0 radical (unpaired) electrons. The van der Waals surface area contributed by atoms with Gasteiger partial charge in [-0.3, -0.25) is 0 Å². The summed E-state index contributed by atoms with van der Waals surface area (Å²) < 4.78 is 10.3. The molecule has 1 aromatic rings. The summed E-state index contributed by atoms with van der Waals surface area (Å²) in [5.74, 6) is 0.917. The quantitative estimate of drug-likeness (QED) is 0.867. The van der Waals surface area contributed by atoms with Gasteiger partial charge in [0.1, 0.15) is 10.8 Å². The Hall–Kier alpha value is -1.13. The molecule has 0 bridgehead atoms. The van der Waals surface area contributed by atoms with Gasteiger partial charge in [-0.1, -0.05) is 11.6 Å². The number of aromatic hydroxyl groups is 1. The first-order chi connectivity index (χ1) is 8.09. The minimum atomic E-state index is -0.146. The van der Waals surface area contributed by atoms with Crippen LogP contribution in [0.3, 0.4) is 0 Å². The van der Waals surface area contributed by atoms with Crippen LogP contribution in [0, 0.1) is 0 Å². The van der Waals surface area contributed by atoms with Gasteiger partial charge < -0.3 is 20.3 Å². The standard InChI is InChI=1S/C12H16ClNO3/c1-16-8-5-7(12(6-14)3-4-12)10(15)9(13)11(8)17-2/h5,15H,3-4,6,14H2,1-2H3. The second kappa shape index (κ2) is 4.27. The van der Waals surface area contributed by atoms with Crippen LogP contribution in [0.1, 0.15) is 18.4 Å². The number of nitrogens with two attached hydrogens (primary N) is 1. The van der Waals surface area contributed by atoms with Crippen molar-refractivity contribution in [1.82, 2.24) is 0 Å². The fourth-order valence-electron chi connectivity index (χ4n) is 2.08. The summed E-state index contributed by atoms with van der Waals surface area (Å²) in [7, 11) is 3.02. The SMILES string of the molecule is COc1cc(C2(CN)CC2)c(O)c(Cl)c1OC. The summed E-state index contributed by atoms with van der Waals surface area (Å²) in [5.41, 5.74) is 6.36. The molecule has 0 aromatic heterocycles. The number of hydrogen-bond acceptors (Lipinski definition) is 4. The number of halogens is 1. The number of methoxy groups -OCH3 is 2. The second-order valence-corrected chi connectivity index (χ2v) is 4.68. The molecule has 0 aliphatic heterocycles. The average molecular weight is 258 g/mol. The molecule has 94 valence electrons. The molecule has 1 aliphatic rings. The third kappa shape index (κ3) is 1.81. The zero-order valence-electron chi connectivity index (χ0n) is 9.92. The molecular weight excluding hydrogens is 242 g/mol. The fourth-order valence-corrected chi connectivity index (χ4v) is 2.35. The lowest BCUT2D eigenvalue weighted by Crippen LogP contribution is -2.20. The molecular formula is C12H16ClNO3. The molecule has 1 saturated carbocycles. The molecule has 0 amide bonds. The van der Waals surface area contributed by atoms with E-state index in [1.807, 2.05) is 0 Å². The van der Waals surface area contributed by atoms with Crippen molar-refractivity contribution in [1.29, 1.82) is 0 Å². The minimum absolute atomic E-state index is 0.0484. The van der Waals surface area contributed by atoms with Crippen molar-refractivity contribution in [3.63, 3.8) is 0 Å². The highest BCUT2D eigenvalue weighted by molar-refractivity contribution is 6.34. The Morgan fingerprint density at radius 2 is 2.06 bits per heavy atom. The lowest BCUT2D eigenvalue weighted by molar-refractivity contribution is 0.349. The Balaban J connectivity index is 2.58. The molecule has 1 aliphatic carbocycles. The van der Waals surface area contributed by atoms with E-state index in [1.54, 1.807) is 6.07 Å². The van der Waals surface area contributed by atoms with Crippen molar-refractivity contribution < 1.29 is 14.6 Å². The predicted octanol–water partition coefficient (Wildman–Crippen LogP) is 2.05. The Morgan fingerprint density at radius 3 is 2.47 bits per heavy atom. The Bertz CT molecular complexity index is 444. The number of phenolic OH excluding ortho intramolecular Hbond substituents is 1. The summed E-state index contributed by atoms with van der Waals surface area (Å²) in [6, 6.07) is 1.76. The Morgan fingerprint density at radius 1 is 1.41 bits per heavy atom. The van der Waals surface area contributed by atoms with E-state index in [4.69, 9.17) is 26.8 Å². The zero-order chi connectivity index (χ0) is 12.6. The van der Waals surface area contributed by atoms with Gasteiger partial charge in [-0.2, -0.15) is 0 Å². The molecule has 1 aromatic carbocycles. The average Bonchev–Trinajstić information content (AvgIpc) is 3.13. The fraction of sp³-hybridized carbons (Fsp3) is 0.500. The van der Waals surface area contributed by atoms with Crippen molar-refractivity contribution >= 4 is 11.6 Å². The molecule has 5 heteroatoms. The van der Waals surface area contributed by atoms with Crippen molar-refractivity contribution in [3.05, 3.63) is 16.7 Å². The maximum atomic E-state index is 10.1. The van der Waals surface area contributed by atoms with Gasteiger partial charge in [0.25, 0.3) is 0 Å². The van der Waals surface area contributed by atoms with Crippen molar-refractivity contribution in [2.75, 3.05) is 20.8 Å². The number of hydrogen-bond donors (Lipinski definition) is 2. The largest absolute Gasteiger partial charge is 0.506 e. The van der Waals surface area contributed by atoms with Gasteiger partial charge in [-0.15, -0.1) is 0 Å². The van der Waals surface area contributed by atoms with Crippen LogP contribution < -0.4 is 15.2 Å². The number of rotatable bonds is 4. The smallest absolute Gasteiger partial charge is 0.183 e.